The number of carbonyl (C=O) groups excluding carboxylic acids is 1. The number of rotatable bonds is 6. The average molecular weight is 369 g/mol. The summed E-state index contributed by atoms with van der Waals surface area (Å²) in [6.45, 7) is 4.67. The van der Waals surface area contributed by atoms with E-state index >= 15 is 0 Å². The minimum absolute atomic E-state index is 0.000697. The van der Waals surface area contributed by atoms with Gasteiger partial charge in [0.25, 0.3) is 9.84 Å². The van der Waals surface area contributed by atoms with Gasteiger partial charge in [0.15, 0.2) is 0 Å². The van der Waals surface area contributed by atoms with E-state index in [9.17, 15) is 26.4 Å². The third-order valence-corrected chi connectivity index (χ3v) is 4.64. The molecule has 0 radical (unpaired) electrons. The third-order valence-electron chi connectivity index (χ3n) is 2.76. The smallest absolute Gasteiger partial charge is 0.466 e. The fraction of sp³-hybridized carbons (Fsp3) is 0.600. The number of hydrogen-bond donors (Lipinski definition) is 0. The highest BCUT2D eigenvalue weighted by molar-refractivity contribution is 7.92. The largest absolute Gasteiger partial charge is 0.497 e. The maximum atomic E-state index is 12.4. The van der Waals surface area contributed by atoms with Crippen LogP contribution in [0.4, 0.5) is 13.2 Å². The van der Waals surface area contributed by atoms with Crippen LogP contribution in [-0.4, -0.2) is 36.7 Å². The summed E-state index contributed by atoms with van der Waals surface area (Å²) in [5.41, 5.74) is -5.35. The van der Waals surface area contributed by atoms with E-state index in [2.05, 4.69) is 9.72 Å². The lowest BCUT2D eigenvalue weighted by Crippen LogP contribution is -2.37. The van der Waals surface area contributed by atoms with Crippen LogP contribution in [0.1, 0.15) is 33.6 Å². The van der Waals surface area contributed by atoms with Gasteiger partial charge in [-0.2, -0.15) is 13.2 Å². The number of nitrogens with zero attached hydrogens (tertiary/aromatic N) is 1. The van der Waals surface area contributed by atoms with Crippen molar-refractivity contribution in [2.24, 2.45) is 5.92 Å². The number of esters is 1. The lowest BCUT2D eigenvalue weighted by atomic mass is 10.1. The lowest BCUT2D eigenvalue weighted by molar-refractivity contribution is -0.143. The summed E-state index contributed by atoms with van der Waals surface area (Å²) >= 11 is 0. The Hall–Kier alpha value is -1.64. The quantitative estimate of drug-likeness (QED) is 0.719. The third kappa shape index (κ3) is 8.28. The summed E-state index contributed by atoms with van der Waals surface area (Å²) in [5.74, 6) is -1.21. The predicted octanol–water partition coefficient (Wildman–Crippen LogP) is 3.37. The average Bonchev–Trinajstić information content (AvgIpc) is 2.47. The van der Waals surface area contributed by atoms with Crippen molar-refractivity contribution in [1.29, 1.82) is 0 Å². The van der Waals surface area contributed by atoms with Gasteiger partial charge in [-0.05, 0) is 31.4 Å². The molecule has 138 valence electrons. The maximum Gasteiger partial charge on any atom is 0.497 e. The molecule has 0 bridgehead atoms. The van der Waals surface area contributed by atoms with Gasteiger partial charge in [0.1, 0.15) is 0 Å². The van der Waals surface area contributed by atoms with E-state index in [1.165, 1.54) is 6.92 Å². The molecule has 0 N–H and O–H groups in total. The Morgan fingerprint density at radius 3 is 2.00 bits per heavy atom. The Balaban J connectivity index is 0.000000728. The Kier molecular flexibility index (Phi) is 9.57. The van der Waals surface area contributed by atoms with Gasteiger partial charge >= 0.3 is 11.5 Å². The van der Waals surface area contributed by atoms with Crippen LogP contribution in [0.3, 0.4) is 0 Å². The van der Waals surface area contributed by atoms with Crippen LogP contribution < -0.4 is 0 Å². The van der Waals surface area contributed by atoms with Gasteiger partial charge < -0.3 is 4.74 Å². The molecule has 0 saturated carbocycles. The number of alkyl halides is 3. The van der Waals surface area contributed by atoms with Gasteiger partial charge in [-0.25, -0.2) is 8.42 Å². The minimum Gasteiger partial charge on any atom is -0.466 e. The number of pyridine rings is 1. The Morgan fingerprint density at radius 1 is 1.17 bits per heavy atom. The Morgan fingerprint density at radius 2 is 1.71 bits per heavy atom. The monoisotopic (exact) mass is 369 g/mol. The molecule has 0 unspecified atom stereocenters. The number of hydrogen-bond acceptors (Lipinski definition) is 5. The summed E-state index contributed by atoms with van der Waals surface area (Å²) < 4.78 is 64.4. The van der Waals surface area contributed by atoms with Gasteiger partial charge in [-0.3, -0.25) is 9.78 Å². The molecule has 0 spiro atoms. The number of halogens is 3. The van der Waals surface area contributed by atoms with Crippen molar-refractivity contribution in [3.63, 3.8) is 0 Å². The second kappa shape index (κ2) is 10.3. The standard InChI is InChI=1S/C10H17F3O4S.C5H5N/c1-4-17-9(14)6-8(5-7(2)3)18(15,16)10(11,12)13;1-2-4-6-5-3-1/h7-8H,4-6H2,1-3H3;1-5H/t8-;/m1./s1. The van der Waals surface area contributed by atoms with E-state index in [4.69, 9.17) is 0 Å². The first-order valence-corrected chi connectivity index (χ1v) is 8.87. The zero-order valence-electron chi connectivity index (χ0n) is 13.8. The van der Waals surface area contributed by atoms with Crippen LogP contribution in [0.25, 0.3) is 0 Å². The van der Waals surface area contributed by atoms with E-state index in [1.807, 2.05) is 18.2 Å². The molecule has 1 heterocycles. The van der Waals surface area contributed by atoms with Crippen molar-refractivity contribution >= 4 is 15.8 Å². The first-order valence-electron chi connectivity index (χ1n) is 7.33. The molecule has 0 saturated heterocycles. The van der Waals surface area contributed by atoms with Crippen LogP contribution in [0.5, 0.6) is 0 Å². The normalized spacial score (nSPS) is 13.0. The van der Waals surface area contributed by atoms with Crippen LogP contribution >= 0.6 is 0 Å². The minimum atomic E-state index is -5.35. The molecular weight excluding hydrogens is 347 g/mol. The highest BCUT2D eigenvalue weighted by atomic mass is 32.2. The summed E-state index contributed by atoms with van der Waals surface area (Å²) in [4.78, 5) is 14.9. The van der Waals surface area contributed by atoms with Gasteiger partial charge in [0.2, 0.25) is 0 Å². The number of carbonyl (C=O) groups is 1. The lowest BCUT2D eigenvalue weighted by Gasteiger charge is -2.20. The highest BCUT2D eigenvalue weighted by Gasteiger charge is 2.51. The van der Waals surface area contributed by atoms with Crippen LogP contribution in [0, 0.1) is 5.92 Å². The molecule has 0 amide bonds. The van der Waals surface area contributed by atoms with E-state index in [0.29, 0.717) is 0 Å². The van der Waals surface area contributed by atoms with E-state index < -0.39 is 33.0 Å². The number of aromatic nitrogens is 1. The Labute approximate surface area is 140 Å². The summed E-state index contributed by atoms with van der Waals surface area (Å²) in [5, 5.41) is -1.78. The van der Waals surface area contributed by atoms with Crippen LogP contribution in [0.2, 0.25) is 0 Å². The fourth-order valence-electron chi connectivity index (χ4n) is 1.75. The van der Waals surface area contributed by atoms with Crippen LogP contribution in [-0.2, 0) is 19.4 Å². The van der Waals surface area contributed by atoms with Crippen molar-refractivity contribution in [2.45, 2.75) is 44.4 Å². The van der Waals surface area contributed by atoms with Gasteiger partial charge in [0.05, 0.1) is 18.3 Å². The highest BCUT2D eigenvalue weighted by Crippen LogP contribution is 2.31. The van der Waals surface area contributed by atoms with Gasteiger partial charge in [-0.15, -0.1) is 0 Å². The van der Waals surface area contributed by atoms with E-state index in [0.717, 1.165) is 0 Å². The van der Waals surface area contributed by atoms with Crippen molar-refractivity contribution in [3.05, 3.63) is 30.6 Å². The molecule has 9 heteroatoms. The fourth-order valence-corrected chi connectivity index (χ4v) is 3.12. The molecule has 0 aromatic carbocycles. The predicted molar refractivity (Wildman–Crippen MR) is 83.7 cm³/mol. The summed E-state index contributed by atoms with van der Waals surface area (Å²) in [7, 11) is -5.35. The van der Waals surface area contributed by atoms with Crippen molar-refractivity contribution < 1.29 is 31.1 Å². The van der Waals surface area contributed by atoms with Gasteiger partial charge in [-0.1, -0.05) is 19.9 Å². The molecule has 0 aliphatic rings. The first kappa shape index (κ1) is 22.4. The Bertz CT molecular complexity index is 547. The second-order valence-corrected chi connectivity index (χ2v) is 7.50. The van der Waals surface area contributed by atoms with E-state index in [-0.39, 0.29) is 18.9 Å². The zero-order valence-corrected chi connectivity index (χ0v) is 14.6. The molecule has 0 fully saturated rings. The SMILES string of the molecule is CCOC(=O)C[C@@H](CC(C)C)S(=O)(=O)C(F)(F)F.c1ccncc1. The first-order chi connectivity index (χ1) is 11.0. The summed E-state index contributed by atoms with van der Waals surface area (Å²) in [6.07, 6.45) is 2.49. The molecule has 0 aliphatic carbocycles. The second-order valence-electron chi connectivity index (χ2n) is 5.28. The maximum absolute atomic E-state index is 12.4. The number of ether oxygens (including phenoxy) is 1. The van der Waals surface area contributed by atoms with Gasteiger partial charge in [0, 0.05) is 12.4 Å². The molecule has 1 atom stereocenters. The molecule has 1 rings (SSSR count). The molecule has 5 nitrogen and oxygen atoms in total. The topological polar surface area (TPSA) is 73.3 Å². The zero-order chi connectivity index (χ0) is 18.8. The summed E-state index contributed by atoms with van der Waals surface area (Å²) in [6, 6.07) is 5.72. The number of sulfone groups is 1. The molecule has 24 heavy (non-hydrogen) atoms. The van der Waals surface area contributed by atoms with Crippen molar-refractivity contribution in [1.82, 2.24) is 4.98 Å². The van der Waals surface area contributed by atoms with E-state index in [1.54, 1.807) is 26.2 Å². The molecule has 0 aliphatic heterocycles. The molecule has 1 aromatic rings. The van der Waals surface area contributed by atoms with Crippen molar-refractivity contribution in [3.8, 4) is 0 Å². The molecule has 1 aromatic heterocycles. The van der Waals surface area contributed by atoms with Crippen LogP contribution in [0.15, 0.2) is 30.6 Å². The van der Waals surface area contributed by atoms with Crippen molar-refractivity contribution in [2.75, 3.05) is 6.61 Å². The molecular formula is C15H22F3NO4S.